The minimum Gasteiger partial charge on any atom is -0.465 e. The van der Waals surface area contributed by atoms with Crippen molar-refractivity contribution < 1.29 is 19.1 Å². The average molecular weight is 316 g/mol. The van der Waals surface area contributed by atoms with E-state index >= 15 is 0 Å². The van der Waals surface area contributed by atoms with Crippen molar-refractivity contribution in [2.24, 2.45) is 0 Å². The number of nitrogens with zero attached hydrogens (tertiary/aromatic N) is 1. The van der Waals surface area contributed by atoms with Crippen molar-refractivity contribution in [2.75, 3.05) is 20.0 Å². The quantitative estimate of drug-likeness (QED) is 0.676. The van der Waals surface area contributed by atoms with Crippen molar-refractivity contribution in [1.29, 1.82) is 0 Å². The van der Waals surface area contributed by atoms with E-state index in [0.29, 0.717) is 11.4 Å². The number of ether oxygens (including phenoxy) is 2. The Morgan fingerprint density at radius 2 is 1.57 bits per heavy atom. The second-order valence-corrected chi connectivity index (χ2v) is 4.87. The third-order valence-corrected chi connectivity index (χ3v) is 3.30. The molecule has 0 saturated carbocycles. The molecule has 7 nitrogen and oxygen atoms in total. The number of nitrogen functional groups attached to an aromatic ring is 1. The zero-order chi connectivity index (χ0) is 17.1. The number of hydrogen-bond acceptors (Lipinski definition) is 6. The lowest BCUT2D eigenvalue weighted by molar-refractivity contribution is 0.0595. The topological polar surface area (TPSA) is 101 Å². The third kappa shape index (κ3) is 3.08. The maximum atomic E-state index is 12.2. The molecule has 2 N–H and O–H groups in total. The highest BCUT2D eigenvalue weighted by Gasteiger charge is 2.21. The van der Waals surface area contributed by atoms with Gasteiger partial charge in [-0.3, -0.25) is 4.79 Å². The standard InChI is InChI=1S/C16H16N2O5/c1-9-4-5-13(12(17)6-9)18-7-10(15(20)22-2)14(19)11(8-18)16(21)23-3/h4-8H,17H2,1-3H3. The van der Waals surface area contributed by atoms with Crippen LogP contribution in [0.4, 0.5) is 5.69 Å². The van der Waals surface area contributed by atoms with Crippen LogP contribution in [0.5, 0.6) is 0 Å². The molecule has 0 amide bonds. The van der Waals surface area contributed by atoms with Crippen LogP contribution in [0.15, 0.2) is 35.4 Å². The molecule has 0 unspecified atom stereocenters. The lowest BCUT2D eigenvalue weighted by Gasteiger charge is -2.13. The number of aryl methyl sites for hydroxylation is 1. The van der Waals surface area contributed by atoms with Crippen LogP contribution in [0.25, 0.3) is 5.69 Å². The number of methoxy groups -OCH3 is 2. The first kappa shape index (κ1) is 16.3. The van der Waals surface area contributed by atoms with Crippen LogP contribution in [0.3, 0.4) is 0 Å². The summed E-state index contributed by atoms with van der Waals surface area (Å²) in [7, 11) is 2.30. The van der Waals surface area contributed by atoms with Crippen molar-refractivity contribution in [2.45, 2.75) is 6.92 Å². The lowest BCUT2D eigenvalue weighted by Crippen LogP contribution is -2.26. The summed E-state index contributed by atoms with van der Waals surface area (Å²) >= 11 is 0. The molecule has 0 aliphatic carbocycles. The molecule has 23 heavy (non-hydrogen) atoms. The molecule has 2 rings (SSSR count). The first-order valence-corrected chi connectivity index (χ1v) is 6.68. The molecular formula is C16H16N2O5. The molecular weight excluding hydrogens is 300 g/mol. The van der Waals surface area contributed by atoms with Gasteiger partial charge in [0.1, 0.15) is 11.1 Å². The van der Waals surface area contributed by atoms with E-state index in [9.17, 15) is 14.4 Å². The number of aromatic nitrogens is 1. The zero-order valence-corrected chi connectivity index (χ0v) is 13.0. The maximum absolute atomic E-state index is 12.2. The highest BCUT2D eigenvalue weighted by Crippen LogP contribution is 2.19. The van der Waals surface area contributed by atoms with Crippen LogP contribution >= 0.6 is 0 Å². The number of hydrogen-bond donors (Lipinski definition) is 1. The average Bonchev–Trinajstić information content (AvgIpc) is 2.54. The van der Waals surface area contributed by atoms with Crippen molar-refractivity contribution in [3.8, 4) is 5.69 Å². The summed E-state index contributed by atoms with van der Waals surface area (Å²) in [6.07, 6.45) is 2.56. The predicted molar refractivity (Wildman–Crippen MR) is 83.9 cm³/mol. The number of esters is 2. The molecule has 1 aromatic carbocycles. The van der Waals surface area contributed by atoms with Gasteiger partial charge in [0.25, 0.3) is 0 Å². The number of nitrogens with two attached hydrogens (primary N) is 1. The highest BCUT2D eigenvalue weighted by molar-refractivity contribution is 5.94. The minimum absolute atomic E-state index is 0.282. The Morgan fingerprint density at radius 1 is 1.04 bits per heavy atom. The summed E-state index contributed by atoms with van der Waals surface area (Å²) in [5.41, 5.74) is 6.56. The Kier molecular flexibility index (Phi) is 4.49. The summed E-state index contributed by atoms with van der Waals surface area (Å²) in [5, 5.41) is 0. The normalized spacial score (nSPS) is 10.2. The number of benzene rings is 1. The second kappa shape index (κ2) is 6.35. The summed E-state index contributed by atoms with van der Waals surface area (Å²) in [6, 6.07) is 5.28. The molecule has 7 heteroatoms. The summed E-state index contributed by atoms with van der Waals surface area (Å²) < 4.78 is 10.6. The van der Waals surface area contributed by atoms with E-state index in [-0.39, 0.29) is 11.1 Å². The summed E-state index contributed by atoms with van der Waals surface area (Å²) in [6.45, 7) is 1.88. The van der Waals surface area contributed by atoms with E-state index in [1.54, 1.807) is 12.1 Å². The Labute approximate surface area is 132 Å². The monoisotopic (exact) mass is 316 g/mol. The molecule has 0 aliphatic heterocycles. The van der Waals surface area contributed by atoms with E-state index in [1.807, 2.05) is 13.0 Å². The zero-order valence-electron chi connectivity index (χ0n) is 13.0. The van der Waals surface area contributed by atoms with Gasteiger partial charge in [0.05, 0.1) is 25.6 Å². The number of anilines is 1. The van der Waals surface area contributed by atoms with E-state index < -0.39 is 17.4 Å². The van der Waals surface area contributed by atoms with Crippen LogP contribution in [0, 0.1) is 6.92 Å². The molecule has 0 atom stereocenters. The van der Waals surface area contributed by atoms with Gasteiger partial charge >= 0.3 is 11.9 Å². The van der Waals surface area contributed by atoms with Gasteiger partial charge < -0.3 is 19.8 Å². The predicted octanol–water partition coefficient (Wildman–Crippen LogP) is 1.30. The molecule has 0 spiro atoms. The Hall–Kier alpha value is -3.09. The lowest BCUT2D eigenvalue weighted by atomic mass is 10.1. The van der Waals surface area contributed by atoms with Crippen molar-refractivity contribution in [3.05, 3.63) is 57.5 Å². The van der Waals surface area contributed by atoms with E-state index in [0.717, 1.165) is 19.8 Å². The number of carbonyl (C=O) groups is 2. The second-order valence-electron chi connectivity index (χ2n) is 4.87. The molecule has 0 radical (unpaired) electrons. The van der Waals surface area contributed by atoms with Crippen molar-refractivity contribution in [3.63, 3.8) is 0 Å². The molecule has 0 aliphatic rings. The third-order valence-electron chi connectivity index (χ3n) is 3.30. The fourth-order valence-corrected chi connectivity index (χ4v) is 2.14. The summed E-state index contributed by atoms with van der Waals surface area (Å²) in [4.78, 5) is 35.8. The largest absolute Gasteiger partial charge is 0.465 e. The van der Waals surface area contributed by atoms with E-state index in [2.05, 4.69) is 9.47 Å². The number of rotatable bonds is 3. The molecule has 1 heterocycles. The molecule has 1 aromatic heterocycles. The summed E-state index contributed by atoms with van der Waals surface area (Å²) in [5.74, 6) is -1.69. The van der Waals surface area contributed by atoms with Gasteiger partial charge in [0.15, 0.2) is 0 Å². The van der Waals surface area contributed by atoms with Crippen LogP contribution in [0.2, 0.25) is 0 Å². The van der Waals surface area contributed by atoms with Gasteiger partial charge in [-0.05, 0) is 24.6 Å². The fourth-order valence-electron chi connectivity index (χ4n) is 2.14. The molecule has 120 valence electrons. The van der Waals surface area contributed by atoms with Gasteiger partial charge in [-0.2, -0.15) is 0 Å². The SMILES string of the molecule is COC(=O)c1cn(-c2ccc(C)cc2N)cc(C(=O)OC)c1=O. The Balaban J connectivity index is 2.76. The number of carbonyl (C=O) groups excluding carboxylic acids is 2. The van der Waals surface area contributed by atoms with Gasteiger partial charge in [-0.1, -0.05) is 6.07 Å². The van der Waals surface area contributed by atoms with Crippen molar-refractivity contribution in [1.82, 2.24) is 4.57 Å². The van der Waals surface area contributed by atoms with Gasteiger partial charge in [-0.15, -0.1) is 0 Å². The van der Waals surface area contributed by atoms with E-state index in [4.69, 9.17) is 5.73 Å². The van der Waals surface area contributed by atoms with Gasteiger partial charge in [-0.25, -0.2) is 9.59 Å². The molecule has 0 saturated heterocycles. The number of pyridine rings is 1. The van der Waals surface area contributed by atoms with Gasteiger partial charge in [0, 0.05) is 12.4 Å². The molecule has 0 fully saturated rings. The smallest absolute Gasteiger partial charge is 0.343 e. The highest BCUT2D eigenvalue weighted by atomic mass is 16.5. The maximum Gasteiger partial charge on any atom is 0.343 e. The molecule has 2 aromatic rings. The Morgan fingerprint density at radius 3 is 2.00 bits per heavy atom. The molecule has 0 bridgehead atoms. The van der Waals surface area contributed by atoms with Crippen LogP contribution in [0.1, 0.15) is 26.3 Å². The van der Waals surface area contributed by atoms with Gasteiger partial charge in [0.2, 0.25) is 5.43 Å². The van der Waals surface area contributed by atoms with Crippen LogP contribution < -0.4 is 11.2 Å². The fraction of sp³-hybridized carbons (Fsp3) is 0.188. The Bertz CT molecular complexity index is 799. The first-order valence-electron chi connectivity index (χ1n) is 6.68. The van der Waals surface area contributed by atoms with Crippen LogP contribution in [-0.2, 0) is 9.47 Å². The van der Waals surface area contributed by atoms with Crippen molar-refractivity contribution >= 4 is 17.6 Å². The van der Waals surface area contributed by atoms with E-state index in [1.165, 1.54) is 17.0 Å². The first-order chi connectivity index (χ1) is 10.9. The minimum atomic E-state index is -0.847. The van der Waals surface area contributed by atoms with Crippen LogP contribution in [-0.4, -0.2) is 30.7 Å².